The first kappa shape index (κ1) is 15.0. The van der Waals surface area contributed by atoms with Crippen molar-refractivity contribution in [2.75, 3.05) is 39.4 Å². The van der Waals surface area contributed by atoms with Crippen molar-refractivity contribution in [3.63, 3.8) is 0 Å². The molecule has 0 unspecified atom stereocenters. The van der Waals surface area contributed by atoms with Gasteiger partial charge in [-0.05, 0) is 31.2 Å². The Balaban J connectivity index is 1.58. The van der Waals surface area contributed by atoms with E-state index in [0.29, 0.717) is 0 Å². The van der Waals surface area contributed by atoms with Crippen LogP contribution in [0.15, 0.2) is 30.3 Å². The predicted molar refractivity (Wildman–Crippen MR) is 86.3 cm³/mol. The minimum absolute atomic E-state index is 0.730. The van der Waals surface area contributed by atoms with Crippen LogP contribution < -0.4 is 0 Å². The molecule has 0 N–H and O–H groups in total. The highest BCUT2D eigenvalue weighted by Gasteiger charge is 2.34. The molecule has 3 heteroatoms. The summed E-state index contributed by atoms with van der Waals surface area (Å²) in [4.78, 5) is 5.34. The molecule has 0 saturated carbocycles. The highest BCUT2D eigenvalue weighted by Crippen LogP contribution is 2.28. The Bertz CT molecular complexity index is 422. The van der Waals surface area contributed by atoms with Crippen molar-refractivity contribution in [1.29, 1.82) is 0 Å². The third-order valence-electron chi connectivity index (χ3n) is 4.88. The van der Waals surface area contributed by atoms with Gasteiger partial charge in [0, 0.05) is 45.4 Å². The van der Waals surface area contributed by atoms with Crippen molar-refractivity contribution in [2.45, 2.75) is 32.4 Å². The third-order valence-corrected chi connectivity index (χ3v) is 4.88. The average molecular weight is 288 g/mol. The molecule has 0 radical (unpaired) electrons. The molecular formula is C18H28N2O. The van der Waals surface area contributed by atoms with Crippen molar-refractivity contribution in [1.82, 2.24) is 9.80 Å². The summed E-state index contributed by atoms with van der Waals surface area (Å²) in [6, 6.07) is 11.6. The van der Waals surface area contributed by atoms with Crippen molar-refractivity contribution in [2.24, 2.45) is 5.92 Å². The van der Waals surface area contributed by atoms with E-state index in [-0.39, 0.29) is 0 Å². The van der Waals surface area contributed by atoms with Gasteiger partial charge in [-0.1, -0.05) is 30.3 Å². The van der Waals surface area contributed by atoms with Crippen LogP contribution in [-0.4, -0.2) is 55.2 Å². The zero-order valence-electron chi connectivity index (χ0n) is 13.2. The van der Waals surface area contributed by atoms with Crippen LogP contribution >= 0.6 is 0 Å². The van der Waals surface area contributed by atoms with Crippen LogP contribution in [0.25, 0.3) is 0 Å². The van der Waals surface area contributed by atoms with Crippen LogP contribution in [0.3, 0.4) is 0 Å². The Morgan fingerprint density at radius 2 is 1.95 bits per heavy atom. The Kier molecular flexibility index (Phi) is 5.28. The molecule has 0 aliphatic carbocycles. The van der Waals surface area contributed by atoms with Crippen molar-refractivity contribution in [3.05, 3.63) is 35.9 Å². The molecule has 3 fully saturated rings. The first-order valence-electron chi connectivity index (χ1n) is 8.43. The van der Waals surface area contributed by atoms with Gasteiger partial charge in [0.15, 0.2) is 0 Å². The largest absolute Gasteiger partial charge is 0.380 e. The number of hydrogen-bond donors (Lipinski definition) is 0. The summed E-state index contributed by atoms with van der Waals surface area (Å²) >= 11 is 0. The SMILES string of the molecule is CCOCCN1C[C@H]2CC[C@@H]1CN(Cc1ccccc1)C2. The van der Waals surface area contributed by atoms with Crippen molar-refractivity contribution < 1.29 is 4.74 Å². The zero-order chi connectivity index (χ0) is 14.5. The second-order valence-corrected chi connectivity index (χ2v) is 6.47. The van der Waals surface area contributed by atoms with E-state index in [0.717, 1.165) is 38.3 Å². The molecule has 3 heterocycles. The number of rotatable bonds is 6. The van der Waals surface area contributed by atoms with Gasteiger partial charge in [-0.2, -0.15) is 0 Å². The van der Waals surface area contributed by atoms with Crippen LogP contribution in [0.5, 0.6) is 0 Å². The monoisotopic (exact) mass is 288 g/mol. The van der Waals surface area contributed by atoms with Gasteiger partial charge in [0.2, 0.25) is 0 Å². The fourth-order valence-corrected chi connectivity index (χ4v) is 3.85. The molecule has 0 amide bonds. The molecule has 1 aromatic carbocycles. The second kappa shape index (κ2) is 7.39. The van der Waals surface area contributed by atoms with Crippen LogP contribution in [0.2, 0.25) is 0 Å². The number of piperidine rings is 1. The minimum atomic E-state index is 0.730. The number of hydrogen-bond acceptors (Lipinski definition) is 3. The fourth-order valence-electron chi connectivity index (χ4n) is 3.85. The fraction of sp³-hybridized carbons (Fsp3) is 0.667. The van der Waals surface area contributed by atoms with Crippen molar-refractivity contribution >= 4 is 0 Å². The van der Waals surface area contributed by atoms with Crippen LogP contribution in [0.4, 0.5) is 0 Å². The molecule has 3 aliphatic heterocycles. The van der Waals surface area contributed by atoms with Gasteiger partial charge in [0.05, 0.1) is 6.61 Å². The summed E-state index contributed by atoms with van der Waals surface area (Å²) in [5, 5.41) is 0. The number of benzene rings is 1. The van der Waals surface area contributed by atoms with E-state index in [9.17, 15) is 0 Å². The quantitative estimate of drug-likeness (QED) is 0.748. The standard InChI is InChI=1S/C18H28N2O/c1-2-21-11-10-20-14-17-8-9-18(20)15-19(13-17)12-16-6-4-3-5-7-16/h3-7,17-18H,2,8-15H2,1H3/t17-,18+/m0/s1. The summed E-state index contributed by atoms with van der Waals surface area (Å²) < 4.78 is 5.55. The maximum Gasteiger partial charge on any atom is 0.0593 e. The lowest BCUT2D eigenvalue weighted by Gasteiger charge is -2.36. The smallest absolute Gasteiger partial charge is 0.0593 e. The summed E-state index contributed by atoms with van der Waals surface area (Å²) in [6.07, 6.45) is 2.77. The molecule has 0 spiro atoms. The highest BCUT2D eigenvalue weighted by molar-refractivity contribution is 5.14. The summed E-state index contributed by atoms with van der Waals surface area (Å²) in [5.41, 5.74) is 1.44. The van der Waals surface area contributed by atoms with Crippen molar-refractivity contribution in [3.8, 4) is 0 Å². The lowest BCUT2D eigenvalue weighted by molar-refractivity contribution is 0.0705. The third kappa shape index (κ3) is 4.06. The van der Waals surface area contributed by atoms with Gasteiger partial charge in [-0.25, -0.2) is 0 Å². The molecule has 2 bridgehead atoms. The lowest BCUT2D eigenvalue weighted by Crippen LogP contribution is -2.45. The Labute approximate surface area is 128 Å². The lowest BCUT2D eigenvalue weighted by atomic mass is 9.95. The average Bonchev–Trinajstić information content (AvgIpc) is 2.79. The Hall–Kier alpha value is -0.900. The van der Waals surface area contributed by atoms with Gasteiger partial charge in [-0.3, -0.25) is 9.80 Å². The molecule has 2 atom stereocenters. The number of nitrogens with zero attached hydrogens (tertiary/aromatic N) is 2. The van der Waals surface area contributed by atoms with E-state index in [1.807, 2.05) is 0 Å². The first-order valence-corrected chi connectivity index (χ1v) is 8.43. The van der Waals surface area contributed by atoms with Gasteiger partial charge in [-0.15, -0.1) is 0 Å². The molecule has 3 saturated heterocycles. The zero-order valence-corrected chi connectivity index (χ0v) is 13.2. The molecule has 3 nitrogen and oxygen atoms in total. The molecule has 0 aromatic heterocycles. The van der Waals surface area contributed by atoms with E-state index >= 15 is 0 Å². The first-order chi connectivity index (χ1) is 10.3. The highest BCUT2D eigenvalue weighted by atomic mass is 16.5. The van der Waals surface area contributed by atoms with Gasteiger partial charge >= 0.3 is 0 Å². The molecule has 4 rings (SSSR count). The molecule has 1 aromatic rings. The minimum Gasteiger partial charge on any atom is -0.380 e. The Morgan fingerprint density at radius 3 is 2.76 bits per heavy atom. The molecular weight excluding hydrogens is 260 g/mol. The molecule has 3 aliphatic rings. The van der Waals surface area contributed by atoms with E-state index in [4.69, 9.17) is 4.74 Å². The summed E-state index contributed by atoms with van der Waals surface area (Å²) in [7, 11) is 0. The van der Waals surface area contributed by atoms with Crippen LogP contribution in [-0.2, 0) is 11.3 Å². The van der Waals surface area contributed by atoms with E-state index < -0.39 is 0 Å². The van der Waals surface area contributed by atoms with Gasteiger partial charge < -0.3 is 4.74 Å². The summed E-state index contributed by atoms with van der Waals surface area (Å²) in [5.74, 6) is 0.842. The maximum atomic E-state index is 5.55. The van der Waals surface area contributed by atoms with E-state index in [1.165, 1.54) is 38.0 Å². The Morgan fingerprint density at radius 1 is 1.10 bits per heavy atom. The second-order valence-electron chi connectivity index (χ2n) is 6.47. The normalized spacial score (nSPS) is 26.9. The predicted octanol–water partition coefficient (Wildman–Crippen LogP) is 2.62. The summed E-state index contributed by atoms with van der Waals surface area (Å²) in [6.45, 7) is 9.76. The maximum absolute atomic E-state index is 5.55. The van der Waals surface area contributed by atoms with Crippen LogP contribution in [0.1, 0.15) is 25.3 Å². The number of ether oxygens (including phenoxy) is 1. The molecule has 21 heavy (non-hydrogen) atoms. The van der Waals surface area contributed by atoms with E-state index in [1.54, 1.807) is 0 Å². The topological polar surface area (TPSA) is 15.7 Å². The van der Waals surface area contributed by atoms with E-state index in [2.05, 4.69) is 47.1 Å². The van der Waals surface area contributed by atoms with Crippen LogP contribution in [0, 0.1) is 5.92 Å². The molecule has 116 valence electrons. The van der Waals surface area contributed by atoms with Gasteiger partial charge in [0.1, 0.15) is 0 Å². The van der Waals surface area contributed by atoms with Gasteiger partial charge in [0.25, 0.3) is 0 Å². The number of fused-ring (bicyclic) bond motifs is 4.